The first-order chi connectivity index (χ1) is 12.0. The highest BCUT2D eigenvalue weighted by molar-refractivity contribution is 7.99. The average Bonchev–Trinajstić information content (AvgIpc) is 3.12. The number of benzene rings is 1. The van der Waals surface area contributed by atoms with Crippen molar-refractivity contribution in [2.45, 2.75) is 24.3 Å². The maximum Gasteiger partial charge on any atom is 0.237 e. The summed E-state index contributed by atoms with van der Waals surface area (Å²) in [6, 6.07) is 6.84. The molecule has 2 aliphatic rings. The first-order valence-electron chi connectivity index (χ1n) is 8.29. The van der Waals surface area contributed by atoms with Crippen molar-refractivity contribution >= 4 is 39.3 Å². The van der Waals surface area contributed by atoms with E-state index < -0.39 is 21.3 Å². The van der Waals surface area contributed by atoms with Gasteiger partial charge in [0, 0.05) is 42.7 Å². The van der Waals surface area contributed by atoms with E-state index in [0.717, 1.165) is 17.1 Å². The lowest BCUT2D eigenvalue weighted by Crippen LogP contribution is -2.44. The zero-order chi connectivity index (χ0) is 17.9. The van der Waals surface area contributed by atoms with E-state index in [9.17, 15) is 13.2 Å². The predicted molar refractivity (Wildman–Crippen MR) is 101 cm³/mol. The molecule has 0 spiro atoms. The summed E-state index contributed by atoms with van der Waals surface area (Å²) in [6.45, 7) is 1.77. The molecule has 2 N–H and O–H groups in total. The van der Waals surface area contributed by atoms with Crippen molar-refractivity contribution in [3.63, 3.8) is 0 Å². The fourth-order valence-corrected chi connectivity index (χ4v) is 6.28. The molecule has 2 atom stereocenters. The summed E-state index contributed by atoms with van der Waals surface area (Å²) in [4.78, 5) is 12.4. The number of rotatable bonds is 5. The summed E-state index contributed by atoms with van der Waals surface area (Å²) >= 11 is 7.85. The SMILES string of the molecule is O=C(NCc1ccccc1Cl)C1CC(S(=O)(=O)N2CCSCC2)CN1. The topological polar surface area (TPSA) is 78.5 Å². The van der Waals surface area contributed by atoms with Gasteiger partial charge < -0.3 is 10.6 Å². The van der Waals surface area contributed by atoms with Crippen LogP contribution in [0.1, 0.15) is 12.0 Å². The lowest BCUT2D eigenvalue weighted by Gasteiger charge is -2.28. The van der Waals surface area contributed by atoms with Gasteiger partial charge >= 0.3 is 0 Å². The molecular formula is C16H22ClN3O3S2. The van der Waals surface area contributed by atoms with Gasteiger partial charge in [0.2, 0.25) is 15.9 Å². The van der Waals surface area contributed by atoms with Gasteiger partial charge in [-0.3, -0.25) is 4.79 Å². The molecule has 0 aromatic heterocycles. The highest BCUT2D eigenvalue weighted by atomic mass is 35.5. The van der Waals surface area contributed by atoms with Crippen molar-refractivity contribution in [1.29, 1.82) is 0 Å². The molecule has 1 aromatic rings. The molecule has 9 heteroatoms. The Morgan fingerprint density at radius 1 is 1.32 bits per heavy atom. The van der Waals surface area contributed by atoms with Crippen LogP contribution in [-0.4, -0.2) is 61.1 Å². The van der Waals surface area contributed by atoms with Gasteiger partial charge in [0.05, 0.1) is 11.3 Å². The van der Waals surface area contributed by atoms with E-state index in [2.05, 4.69) is 10.6 Å². The summed E-state index contributed by atoms with van der Waals surface area (Å²) in [6.07, 6.45) is 0.306. The zero-order valence-electron chi connectivity index (χ0n) is 13.8. The smallest absolute Gasteiger partial charge is 0.237 e. The molecule has 0 radical (unpaired) electrons. The van der Waals surface area contributed by atoms with E-state index in [1.807, 2.05) is 18.2 Å². The van der Waals surface area contributed by atoms with Crippen molar-refractivity contribution in [3.05, 3.63) is 34.9 Å². The third-order valence-corrected chi connectivity index (χ3v) is 8.17. The molecule has 2 heterocycles. The van der Waals surface area contributed by atoms with Crippen LogP contribution >= 0.6 is 23.4 Å². The molecule has 0 bridgehead atoms. The van der Waals surface area contributed by atoms with E-state index in [1.54, 1.807) is 22.1 Å². The van der Waals surface area contributed by atoms with Crippen LogP contribution in [0.4, 0.5) is 0 Å². The highest BCUT2D eigenvalue weighted by Gasteiger charge is 2.40. The van der Waals surface area contributed by atoms with Crippen molar-refractivity contribution in [1.82, 2.24) is 14.9 Å². The molecule has 2 fully saturated rings. The van der Waals surface area contributed by atoms with Gasteiger partial charge in [0.15, 0.2) is 0 Å². The second-order valence-corrected chi connectivity index (χ2v) is 10.0. The quantitative estimate of drug-likeness (QED) is 0.768. The lowest BCUT2D eigenvalue weighted by atomic mass is 10.2. The molecule has 138 valence electrons. The molecule has 1 amide bonds. The minimum absolute atomic E-state index is 0.188. The number of nitrogens with zero attached hydrogens (tertiary/aromatic N) is 1. The van der Waals surface area contributed by atoms with Crippen molar-refractivity contribution in [2.75, 3.05) is 31.1 Å². The van der Waals surface area contributed by atoms with Crippen LogP contribution in [0.25, 0.3) is 0 Å². The minimum atomic E-state index is -3.35. The van der Waals surface area contributed by atoms with Crippen LogP contribution in [0.5, 0.6) is 0 Å². The van der Waals surface area contributed by atoms with Crippen molar-refractivity contribution in [2.24, 2.45) is 0 Å². The van der Waals surface area contributed by atoms with Crippen molar-refractivity contribution in [3.8, 4) is 0 Å². The van der Waals surface area contributed by atoms with Gasteiger partial charge in [-0.1, -0.05) is 29.8 Å². The first kappa shape index (κ1) is 19.0. The summed E-state index contributed by atoms with van der Waals surface area (Å²) in [7, 11) is -3.35. The number of nitrogens with one attached hydrogen (secondary N) is 2. The third kappa shape index (κ3) is 4.49. The molecule has 6 nitrogen and oxygen atoms in total. The first-order valence-corrected chi connectivity index (χ1v) is 11.3. The Kier molecular flexibility index (Phi) is 6.27. The normalized spacial score (nSPS) is 25.0. The Balaban J connectivity index is 1.55. The van der Waals surface area contributed by atoms with E-state index >= 15 is 0 Å². The van der Waals surface area contributed by atoms with Crippen LogP contribution in [0.3, 0.4) is 0 Å². The number of thioether (sulfide) groups is 1. The molecular weight excluding hydrogens is 382 g/mol. The maximum absolute atomic E-state index is 12.7. The average molecular weight is 404 g/mol. The third-order valence-electron chi connectivity index (χ3n) is 4.57. The zero-order valence-corrected chi connectivity index (χ0v) is 16.2. The summed E-state index contributed by atoms with van der Waals surface area (Å²) < 4.78 is 27.0. The molecule has 0 saturated carbocycles. The number of amides is 1. The summed E-state index contributed by atoms with van der Waals surface area (Å²) in [5.74, 6) is 1.48. The van der Waals surface area contributed by atoms with Crippen LogP contribution in [0, 0.1) is 0 Å². The van der Waals surface area contributed by atoms with Gasteiger partial charge in [-0.25, -0.2) is 8.42 Å². The van der Waals surface area contributed by atoms with Gasteiger partial charge in [-0.2, -0.15) is 16.1 Å². The Morgan fingerprint density at radius 2 is 2.04 bits per heavy atom. The number of sulfonamides is 1. The van der Waals surface area contributed by atoms with Crippen LogP contribution < -0.4 is 10.6 Å². The lowest BCUT2D eigenvalue weighted by molar-refractivity contribution is -0.122. The van der Waals surface area contributed by atoms with Crippen LogP contribution in [0.15, 0.2) is 24.3 Å². The Bertz CT molecular complexity index is 723. The molecule has 3 rings (SSSR count). The molecule has 2 aliphatic heterocycles. The monoisotopic (exact) mass is 403 g/mol. The standard InChI is InChI=1S/C16H22ClN3O3S2/c17-14-4-2-1-3-12(14)10-19-16(21)15-9-13(11-18-15)25(22,23)20-5-7-24-8-6-20/h1-4,13,15,18H,5-11H2,(H,19,21). The van der Waals surface area contributed by atoms with Gasteiger partial charge in [0.1, 0.15) is 0 Å². The number of halogens is 1. The fourth-order valence-electron chi connectivity index (χ4n) is 3.09. The number of carbonyl (C=O) groups excluding carboxylic acids is 1. The van der Waals surface area contributed by atoms with Gasteiger partial charge in [-0.05, 0) is 18.1 Å². The van der Waals surface area contributed by atoms with E-state index in [1.165, 1.54) is 0 Å². The Labute approximate surface area is 157 Å². The van der Waals surface area contributed by atoms with Gasteiger partial charge in [0.25, 0.3) is 0 Å². The van der Waals surface area contributed by atoms with Crippen molar-refractivity contribution < 1.29 is 13.2 Å². The van der Waals surface area contributed by atoms with Crippen LogP contribution in [-0.2, 0) is 21.4 Å². The van der Waals surface area contributed by atoms with E-state index in [4.69, 9.17) is 11.6 Å². The molecule has 25 heavy (non-hydrogen) atoms. The van der Waals surface area contributed by atoms with E-state index in [0.29, 0.717) is 37.6 Å². The molecule has 0 aliphatic carbocycles. The minimum Gasteiger partial charge on any atom is -0.351 e. The molecule has 2 saturated heterocycles. The number of hydrogen-bond acceptors (Lipinski definition) is 5. The largest absolute Gasteiger partial charge is 0.351 e. The van der Waals surface area contributed by atoms with Gasteiger partial charge in [-0.15, -0.1) is 0 Å². The Hall–Kier alpha value is -0.800. The summed E-state index contributed by atoms with van der Waals surface area (Å²) in [5, 5.41) is 5.95. The molecule has 1 aromatic carbocycles. The number of hydrogen-bond donors (Lipinski definition) is 2. The fraction of sp³-hybridized carbons (Fsp3) is 0.562. The predicted octanol–water partition coefficient (Wildman–Crippen LogP) is 1.07. The highest BCUT2D eigenvalue weighted by Crippen LogP contribution is 2.22. The van der Waals surface area contributed by atoms with E-state index in [-0.39, 0.29) is 5.91 Å². The second-order valence-electron chi connectivity index (χ2n) is 6.18. The maximum atomic E-state index is 12.7. The number of carbonyl (C=O) groups is 1. The molecule has 2 unspecified atom stereocenters. The summed E-state index contributed by atoms with van der Waals surface area (Å²) in [5.41, 5.74) is 0.838. The van der Waals surface area contributed by atoms with Crippen LogP contribution in [0.2, 0.25) is 5.02 Å². The second kappa shape index (κ2) is 8.26. The Morgan fingerprint density at radius 3 is 2.76 bits per heavy atom.